The number of carbonyl (C=O) groups is 1. The van der Waals surface area contributed by atoms with Crippen molar-refractivity contribution in [2.75, 3.05) is 13.2 Å². The lowest BCUT2D eigenvalue weighted by Gasteiger charge is -2.23. The summed E-state index contributed by atoms with van der Waals surface area (Å²) in [4.78, 5) is 14.7. The molecule has 1 saturated carbocycles. The Hall–Kier alpha value is -2.11. The number of ether oxygens (including phenoxy) is 2. The third-order valence-corrected chi connectivity index (χ3v) is 5.55. The molecule has 28 heavy (non-hydrogen) atoms. The number of carbonyl (C=O) groups excluding carboxylic acids is 1. The Morgan fingerprint density at radius 2 is 1.96 bits per heavy atom. The van der Waals surface area contributed by atoms with Gasteiger partial charge in [0.2, 0.25) is 0 Å². The van der Waals surface area contributed by atoms with Crippen LogP contribution in [-0.2, 0) is 11.3 Å². The number of rotatable bonds is 7. The van der Waals surface area contributed by atoms with Crippen LogP contribution in [0, 0.1) is 5.82 Å². The Bertz CT molecular complexity index is 812. The number of hydrogen-bond donors (Lipinski definition) is 0. The number of hydrogen-bond acceptors (Lipinski definition) is 3. The van der Waals surface area contributed by atoms with Gasteiger partial charge in [-0.25, -0.2) is 4.39 Å². The molecule has 0 bridgehead atoms. The molecule has 1 amide bonds. The predicted molar refractivity (Wildman–Crippen MR) is 105 cm³/mol. The standard InChI is InChI=1S/C22H23ClFNO3/c23-20-4-1-5-21(24)19(20)13-25(16-8-9-16)22(26)15-6-10-17(11-7-15)28-14-18-3-2-12-27-18/h1,4-7,10-11,16,18H,2-3,8-9,12-14H2. The zero-order valence-electron chi connectivity index (χ0n) is 15.6. The number of benzene rings is 2. The summed E-state index contributed by atoms with van der Waals surface area (Å²) in [6.07, 6.45) is 4.11. The molecule has 1 heterocycles. The molecular formula is C22H23ClFNO3. The monoisotopic (exact) mass is 403 g/mol. The second kappa shape index (κ2) is 8.50. The molecule has 0 N–H and O–H groups in total. The molecule has 1 saturated heterocycles. The van der Waals surface area contributed by atoms with Crippen molar-refractivity contribution in [3.05, 3.63) is 64.4 Å². The fourth-order valence-electron chi connectivity index (χ4n) is 3.43. The Balaban J connectivity index is 1.43. The molecule has 2 aromatic rings. The van der Waals surface area contributed by atoms with E-state index in [1.54, 1.807) is 41.3 Å². The third-order valence-electron chi connectivity index (χ3n) is 5.20. The van der Waals surface area contributed by atoms with Crippen LogP contribution in [0.4, 0.5) is 4.39 Å². The molecule has 2 fully saturated rings. The summed E-state index contributed by atoms with van der Waals surface area (Å²) in [5.41, 5.74) is 0.921. The van der Waals surface area contributed by atoms with Gasteiger partial charge in [0.25, 0.3) is 5.91 Å². The third kappa shape index (κ3) is 4.47. The van der Waals surface area contributed by atoms with Crippen LogP contribution in [0.3, 0.4) is 0 Å². The Morgan fingerprint density at radius 3 is 2.61 bits per heavy atom. The molecule has 148 valence electrons. The van der Waals surface area contributed by atoms with E-state index in [0.29, 0.717) is 28.5 Å². The van der Waals surface area contributed by atoms with Crippen molar-refractivity contribution in [2.45, 2.75) is 44.4 Å². The van der Waals surface area contributed by atoms with E-state index in [2.05, 4.69) is 0 Å². The van der Waals surface area contributed by atoms with Gasteiger partial charge in [-0.05, 0) is 62.1 Å². The quantitative estimate of drug-likeness (QED) is 0.663. The van der Waals surface area contributed by atoms with Gasteiger partial charge >= 0.3 is 0 Å². The van der Waals surface area contributed by atoms with Gasteiger partial charge in [-0.15, -0.1) is 0 Å². The normalized spacial score (nSPS) is 18.9. The summed E-state index contributed by atoms with van der Waals surface area (Å²) in [7, 11) is 0. The smallest absolute Gasteiger partial charge is 0.254 e. The molecular weight excluding hydrogens is 381 g/mol. The Morgan fingerprint density at radius 1 is 1.18 bits per heavy atom. The summed E-state index contributed by atoms with van der Waals surface area (Å²) < 4.78 is 25.5. The molecule has 1 unspecified atom stereocenters. The second-order valence-electron chi connectivity index (χ2n) is 7.33. The summed E-state index contributed by atoms with van der Waals surface area (Å²) >= 11 is 6.15. The van der Waals surface area contributed by atoms with Crippen LogP contribution in [0.15, 0.2) is 42.5 Å². The lowest BCUT2D eigenvalue weighted by Crippen LogP contribution is -2.33. The lowest BCUT2D eigenvalue weighted by molar-refractivity contribution is 0.0678. The fourth-order valence-corrected chi connectivity index (χ4v) is 3.65. The average molecular weight is 404 g/mol. The minimum atomic E-state index is -0.385. The highest BCUT2D eigenvalue weighted by molar-refractivity contribution is 6.31. The van der Waals surface area contributed by atoms with Crippen molar-refractivity contribution in [3.8, 4) is 5.75 Å². The van der Waals surface area contributed by atoms with Gasteiger partial charge in [-0.1, -0.05) is 17.7 Å². The van der Waals surface area contributed by atoms with Crippen molar-refractivity contribution >= 4 is 17.5 Å². The van der Waals surface area contributed by atoms with Crippen molar-refractivity contribution in [2.24, 2.45) is 0 Å². The van der Waals surface area contributed by atoms with Gasteiger partial charge in [0.05, 0.1) is 12.6 Å². The van der Waals surface area contributed by atoms with Gasteiger partial charge < -0.3 is 14.4 Å². The van der Waals surface area contributed by atoms with Gasteiger partial charge in [-0.3, -0.25) is 4.79 Å². The molecule has 1 aliphatic carbocycles. The van der Waals surface area contributed by atoms with Crippen LogP contribution in [0.25, 0.3) is 0 Å². The second-order valence-corrected chi connectivity index (χ2v) is 7.74. The molecule has 1 aliphatic heterocycles. The zero-order valence-corrected chi connectivity index (χ0v) is 16.3. The highest BCUT2D eigenvalue weighted by atomic mass is 35.5. The van der Waals surface area contributed by atoms with E-state index in [1.807, 2.05) is 0 Å². The number of nitrogens with zero attached hydrogens (tertiary/aromatic N) is 1. The average Bonchev–Trinajstić information content (AvgIpc) is 3.40. The first-order valence-electron chi connectivity index (χ1n) is 9.70. The zero-order chi connectivity index (χ0) is 19.5. The highest BCUT2D eigenvalue weighted by Gasteiger charge is 2.34. The van der Waals surface area contributed by atoms with Crippen molar-refractivity contribution in [1.82, 2.24) is 4.90 Å². The molecule has 2 aliphatic rings. The van der Waals surface area contributed by atoms with E-state index in [9.17, 15) is 9.18 Å². The topological polar surface area (TPSA) is 38.8 Å². The maximum atomic E-state index is 14.2. The summed E-state index contributed by atoms with van der Waals surface area (Å²) in [5.74, 6) is 0.207. The summed E-state index contributed by atoms with van der Waals surface area (Å²) in [6.45, 7) is 1.49. The van der Waals surface area contributed by atoms with Crippen LogP contribution >= 0.6 is 11.6 Å². The molecule has 0 aromatic heterocycles. The van der Waals surface area contributed by atoms with Gasteiger partial charge in [-0.2, -0.15) is 0 Å². The first kappa shape index (κ1) is 19.2. The van der Waals surface area contributed by atoms with Gasteiger partial charge in [0, 0.05) is 28.8 Å². The highest BCUT2D eigenvalue weighted by Crippen LogP contribution is 2.32. The largest absolute Gasteiger partial charge is 0.491 e. The van der Waals surface area contributed by atoms with Crippen molar-refractivity contribution < 1.29 is 18.7 Å². The SMILES string of the molecule is O=C(c1ccc(OCC2CCCO2)cc1)N(Cc1c(F)cccc1Cl)C1CC1. The van der Waals surface area contributed by atoms with Crippen LogP contribution < -0.4 is 4.74 Å². The minimum absolute atomic E-state index is 0.118. The van der Waals surface area contributed by atoms with Crippen LogP contribution in [0.5, 0.6) is 5.75 Å². The first-order chi connectivity index (χ1) is 13.6. The predicted octanol–water partition coefficient (Wildman–Crippen LogP) is 4.84. The van der Waals surface area contributed by atoms with E-state index < -0.39 is 0 Å². The Kier molecular flexibility index (Phi) is 5.83. The fraction of sp³-hybridized carbons (Fsp3) is 0.409. The van der Waals surface area contributed by atoms with E-state index in [1.165, 1.54) is 6.07 Å². The molecule has 4 rings (SSSR count). The molecule has 1 atom stereocenters. The Labute approximate surface area is 169 Å². The number of amides is 1. The maximum absolute atomic E-state index is 14.2. The van der Waals surface area contributed by atoms with Crippen LogP contribution in [-0.4, -0.2) is 36.2 Å². The van der Waals surface area contributed by atoms with Crippen molar-refractivity contribution in [3.63, 3.8) is 0 Å². The number of halogens is 2. The van der Waals surface area contributed by atoms with Crippen LogP contribution in [0.2, 0.25) is 5.02 Å². The maximum Gasteiger partial charge on any atom is 0.254 e. The van der Waals surface area contributed by atoms with Gasteiger partial charge in [0.15, 0.2) is 0 Å². The molecule has 4 nitrogen and oxygen atoms in total. The summed E-state index contributed by atoms with van der Waals surface area (Å²) in [6, 6.07) is 11.8. The summed E-state index contributed by atoms with van der Waals surface area (Å²) in [5, 5.41) is 0.344. The van der Waals surface area contributed by atoms with E-state index in [-0.39, 0.29) is 30.4 Å². The van der Waals surface area contributed by atoms with E-state index >= 15 is 0 Å². The molecule has 6 heteroatoms. The first-order valence-corrected chi connectivity index (χ1v) is 10.1. The van der Waals surface area contributed by atoms with Crippen LogP contribution in [0.1, 0.15) is 41.6 Å². The molecule has 0 radical (unpaired) electrons. The van der Waals surface area contributed by atoms with Crippen molar-refractivity contribution in [1.29, 1.82) is 0 Å². The molecule has 0 spiro atoms. The lowest BCUT2D eigenvalue weighted by atomic mass is 10.1. The van der Waals surface area contributed by atoms with Gasteiger partial charge in [0.1, 0.15) is 18.2 Å². The van der Waals surface area contributed by atoms with E-state index in [0.717, 1.165) is 32.3 Å². The molecule has 2 aromatic carbocycles. The van der Waals surface area contributed by atoms with E-state index in [4.69, 9.17) is 21.1 Å². The minimum Gasteiger partial charge on any atom is -0.491 e.